The molecule has 1 fully saturated rings. The molecule has 0 unspecified atom stereocenters. The zero-order valence-corrected chi connectivity index (χ0v) is 16.2. The number of hydrogen-bond acceptors (Lipinski definition) is 3. The number of nitrogens with zero attached hydrogens (tertiary/aromatic N) is 1. The van der Waals surface area contributed by atoms with Crippen molar-refractivity contribution in [2.24, 2.45) is 0 Å². The van der Waals surface area contributed by atoms with E-state index < -0.39 is 10.0 Å². The summed E-state index contributed by atoms with van der Waals surface area (Å²) < 4.78 is 28.4. The summed E-state index contributed by atoms with van der Waals surface area (Å²) in [5, 5.41) is 0. The van der Waals surface area contributed by atoms with E-state index in [0.717, 1.165) is 37.1 Å². The fraction of sp³-hybridized carbons (Fsp3) is 0.350. The lowest BCUT2D eigenvalue weighted by Crippen LogP contribution is -2.29. The summed E-state index contributed by atoms with van der Waals surface area (Å²) in [7, 11) is -3.78. The second-order valence-corrected chi connectivity index (χ2v) is 8.52. The van der Waals surface area contributed by atoms with Gasteiger partial charge in [-0.05, 0) is 56.9 Å². The summed E-state index contributed by atoms with van der Waals surface area (Å²) in [5.41, 5.74) is 3.21. The number of carbonyl (C=O) groups excluding carboxylic acids is 1. The fourth-order valence-corrected chi connectivity index (χ4v) is 4.72. The lowest BCUT2D eigenvalue weighted by Gasteiger charge is -2.20. The molecule has 0 spiro atoms. The summed E-state index contributed by atoms with van der Waals surface area (Å²) in [5.74, 6) is -0.112. The van der Waals surface area contributed by atoms with E-state index in [1.165, 1.54) is 0 Å². The standard InChI is InChI=1S/C20H24N2O3S/c1-14-9-10-18(16(3)13-14)26(24,25)21-17-8-6-7-15(2)19(17)20(23)22-11-4-5-12-22/h6-10,13,21H,4-5,11-12H2,1-3H3. The van der Waals surface area contributed by atoms with Crippen molar-refractivity contribution in [2.75, 3.05) is 17.8 Å². The van der Waals surface area contributed by atoms with E-state index >= 15 is 0 Å². The molecule has 0 aliphatic carbocycles. The molecule has 0 aromatic heterocycles. The van der Waals surface area contributed by atoms with Gasteiger partial charge < -0.3 is 4.90 Å². The van der Waals surface area contributed by atoms with Crippen molar-refractivity contribution in [3.8, 4) is 0 Å². The largest absolute Gasteiger partial charge is 0.339 e. The summed E-state index contributed by atoms with van der Waals surface area (Å²) in [6.45, 7) is 6.96. The van der Waals surface area contributed by atoms with Gasteiger partial charge >= 0.3 is 0 Å². The van der Waals surface area contributed by atoms with Crippen LogP contribution in [0.5, 0.6) is 0 Å². The minimum atomic E-state index is -3.78. The molecule has 0 radical (unpaired) electrons. The lowest BCUT2D eigenvalue weighted by molar-refractivity contribution is 0.0793. The minimum absolute atomic E-state index is 0.112. The fourth-order valence-electron chi connectivity index (χ4n) is 3.42. The molecule has 138 valence electrons. The van der Waals surface area contributed by atoms with Gasteiger partial charge in [0, 0.05) is 13.1 Å². The first-order chi connectivity index (χ1) is 12.3. The molecule has 1 saturated heterocycles. The number of amides is 1. The highest BCUT2D eigenvalue weighted by Gasteiger charge is 2.26. The summed E-state index contributed by atoms with van der Waals surface area (Å²) in [4.78, 5) is 14.9. The second kappa shape index (κ2) is 7.11. The van der Waals surface area contributed by atoms with Gasteiger partial charge in [0.1, 0.15) is 0 Å². The highest BCUT2D eigenvalue weighted by molar-refractivity contribution is 7.92. The number of benzene rings is 2. The van der Waals surface area contributed by atoms with Gasteiger partial charge in [-0.2, -0.15) is 0 Å². The van der Waals surface area contributed by atoms with Crippen LogP contribution in [0.4, 0.5) is 5.69 Å². The Kier molecular flexibility index (Phi) is 5.05. The van der Waals surface area contributed by atoms with Crippen LogP contribution in [0, 0.1) is 20.8 Å². The van der Waals surface area contributed by atoms with E-state index in [-0.39, 0.29) is 10.8 Å². The number of aryl methyl sites for hydroxylation is 3. The first-order valence-electron chi connectivity index (χ1n) is 8.78. The zero-order chi connectivity index (χ0) is 18.9. The number of nitrogens with one attached hydrogen (secondary N) is 1. The monoisotopic (exact) mass is 372 g/mol. The zero-order valence-electron chi connectivity index (χ0n) is 15.4. The van der Waals surface area contributed by atoms with Crippen LogP contribution in [0.25, 0.3) is 0 Å². The topological polar surface area (TPSA) is 66.5 Å². The summed E-state index contributed by atoms with van der Waals surface area (Å²) >= 11 is 0. The SMILES string of the molecule is Cc1ccc(S(=O)(=O)Nc2cccc(C)c2C(=O)N2CCCC2)c(C)c1. The van der Waals surface area contributed by atoms with Crippen molar-refractivity contribution < 1.29 is 13.2 Å². The number of rotatable bonds is 4. The van der Waals surface area contributed by atoms with Crippen molar-refractivity contribution >= 4 is 21.6 Å². The Bertz CT molecular complexity index is 946. The summed E-state index contributed by atoms with van der Waals surface area (Å²) in [6.07, 6.45) is 1.97. The van der Waals surface area contributed by atoms with Crippen LogP contribution >= 0.6 is 0 Å². The Morgan fingerprint density at radius 2 is 1.69 bits per heavy atom. The average molecular weight is 372 g/mol. The Morgan fingerprint density at radius 1 is 1.00 bits per heavy atom. The third-order valence-corrected chi connectivity index (χ3v) is 6.27. The maximum Gasteiger partial charge on any atom is 0.262 e. The molecule has 2 aromatic rings. The van der Waals surface area contributed by atoms with E-state index in [4.69, 9.17) is 0 Å². The molecule has 1 heterocycles. The Hall–Kier alpha value is -2.34. The van der Waals surface area contributed by atoms with Crippen LogP contribution in [-0.4, -0.2) is 32.3 Å². The van der Waals surface area contributed by atoms with E-state index in [9.17, 15) is 13.2 Å². The minimum Gasteiger partial charge on any atom is -0.339 e. The molecular formula is C20H24N2O3S. The molecule has 1 amide bonds. The highest BCUT2D eigenvalue weighted by Crippen LogP contribution is 2.27. The number of sulfonamides is 1. The maximum atomic E-state index is 12.9. The van der Waals surface area contributed by atoms with Gasteiger partial charge in [-0.15, -0.1) is 0 Å². The molecule has 6 heteroatoms. The van der Waals surface area contributed by atoms with E-state index in [1.807, 2.05) is 26.0 Å². The number of carbonyl (C=O) groups is 1. The second-order valence-electron chi connectivity index (χ2n) is 6.87. The van der Waals surface area contributed by atoms with Gasteiger partial charge in [-0.25, -0.2) is 8.42 Å². The van der Waals surface area contributed by atoms with Crippen molar-refractivity contribution in [3.63, 3.8) is 0 Å². The van der Waals surface area contributed by atoms with Crippen LogP contribution in [-0.2, 0) is 10.0 Å². The Balaban J connectivity index is 1.99. The first-order valence-corrected chi connectivity index (χ1v) is 10.3. The van der Waals surface area contributed by atoms with Gasteiger partial charge in [-0.1, -0.05) is 29.8 Å². The first kappa shape index (κ1) is 18.5. The van der Waals surface area contributed by atoms with Gasteiger partial charge in [0.2, 0.25) is 0 Å². The Labute approximate surface area is 155 Å². The number of likely N-dealkylation sites (tertiary alicyclic amines) is 1. The third kappa shape index (κ3) is 3.60. The molecule has 26 heavy (non-hydrogen) atoms. The van der Waals surface area contributed by atoms with E-state index in [2.05, 4.69) is 4.72 Å². The number of hydrogen-bond donors (Lipinski definition) is 1. The van der Waals surface area contributed by atoms with Crippen LogP contribution in [0.1, 0.15) is 39.9 Å². The predicted molar refractivity (Wildman–Crippen MR) is 103 cm³/mol. The van der Waals surface area contributed by atoms with Gasteiger partial charge in [-0.3, -0.25) is 9.52 Å². The van der Waals surface area contributed by atoms with Gasteiger partial charge in [0.15, 0.2) is 0 Å². The molecule has 1 aliphatic rings. The maximum absolute atomic E-state index is 12.9. The molecular weight excluding hydrogens is 348 g/mol. The summed E-state index contributed by atoms with van der Waals surface area (Å²) in [6, 6.07) is 10.4. The van der Waals surface area contributed by atoms with Gasteiger partial charge in [0.25, 0.3) is 15.9 Å². The Morgan fingerprint density at radius 3 is 2.35 bits per heavy atom. The number of anilines is 1. The van der Waals surface area contributed by atoms with E-state index in [0.29, 0.717) is 16.8 Å². The molecule has 3 rings (SSSR count). The molecule has 5 nitrogen and oxygen atoms in total. The van der Waals surface area contributed by atoms with Crippen LogP contribution in [0.2, 0.25) is 0 Å². The quantitative estimate of drug-likeness (QED) is 0.891. The van der Waals surface area contributed by atoms with Crippen molar-refractivity contribution in [2.45, 2.75) is 38.5 Å². The van der Waals surface area contributed by atoms with Crippen LogP contribution in [0.15, 0.2) is 41.3 Å². The lowest BCUT2D eigenvalue weighted by atomic mass is 10.1. The highest BCUT2D eigenvalue weighted by atomic mass is 32.2. The van der Waals surface area contributed by atoms with Crippen LogP contribution < -0.4 is 4.72 Å². The van der Waals surface area contributed by atoms with Crippen LogP contribution in [0.3, 0.4) is 0 Å². The van der Waals surface area contributed by atoms with Crippen molar-refractivity contribution in [3.05, 3.63) is 58.7 Å². The molecule has 0 saturated carbocycles. The average Bonchev–Trinajstić information content (AvgIpc) is 3.08. The smallest absolute Gasteiger partial charge is 0.262 e. The van der Waals surface area contributed by atoms with Crippen molar-refractivity contribution in [1.29, 1.82) is 0 Å². The predicted octanol–water partition coefficient (Wildman–Crippen LogP) is 3.65. The molecule has 1 N–H and O–H groups in total. The molecule has 2 aromatic carbocycles. The molecule has 1 aliphatic heterocycles. The normalized spacial score (nSPS) is 14.5. The van der Waals surface area contributed by atoms with Gasteiger partial charge in [0.05, 0.1) is 16.1 Å². The van der Waals surface area contributed by atoms with Crippen molar-refractivity contribution in [1.82, 2.24) is 4.90 Å². The molecule has 0 bridgehead atoms. The molecule has 0 atom stereocenters. The van der Waals surface area contributed by atoms with E-state index in [1.54, 1.807) is 36.1 Å². The third-order valence-electron chi connectivity index (χ3n) is 4.74.